The molecule has 2 aromatic carbocycles. The third-order valence-corrected chi connectivity index (χ3v) is 7.68. The lowest BCUT2D eigenvalue weighted by Crippen LogP contribution is -2.62. The van der Waals surface area contributed by atoms with Gasteiger partial charge in [-0.3, -0.25) is 4.79 Å². The van der Waals surface area contributed by atoms with Gasteiger partial charge in [-0.2, -0.15) is 11.8 Å². The number of benzene rings is 2. The first kappa shape index (κ1) is 25.1. The van der Waals surface area contributed by atoms with Crippen LogP contribution >= 0.6 is 11.8 Å². The highest BCUT2D eigenvalue weighted by atomic mass is 32.2. The van der Waals surface area contributed by atoms with Gasteiger partial charge in [0.2, 0.25) is 5.91 Å². The van der Waals surface area contributed by atoms with Crippen molar-refractivity contribution in [1.82, 2.24) is 10.6 Å². The molecule has 3 N–H and O–H groups in total. The van der Waals surface area contributed by atoms with Gasteiger partial charge < -0.3 is 20.5 Å². The highest BCUT2D eigenvalue weighted by molar-refractivity contribution is 7.98. The minimum atomic E-state index is -1.16. The van der Waals surface area contributed by atoms with Crippen molar-refractivity contribution < 1.29 is 24.2 Å². The predicted octanol–water partition coefficient (Wildman–Crippen LogP) is 4.55. The van der Waals surface area contributed by atoms with Gasteiger partial charge in [0.1, 0.15) is 18.2 Å². The number of aliphatic carboxylic acids is 1. The monoisotopic (exact) mass is 496 g/mol. The van der Waals surface area contributed by atoms with E-state index >= 15 is 0 Å². The molecule has 8 heteroatoms. The molecule has 0 spiro atoms. The maximum absolute atomic E-state index is 13.3. The van der Waals surface area contributed by atoms with Crippen LogP contribution in [0.1, 0.15) is 55.6 Å². The highest BCUT2D eigenvalue weighted by Crippen LogP contribution is 2.44. The third-order valence-electron chi connectivity index (χ3n) is 7.04. The summed E-state index contributed by atoms with van der Waals surface area (Å²) in [5, 5.41) is 15.0. The molecule has 35 heavy (non-hydrogen) atoms. The molecule has 2 aliphatic rings. The summed E-state index contributed by atoms with van der Waals surface area (Å²) < 4.78 is 5.69. The van der Waals surface area contributed by atoms with E-state index in [4.69, 9.17) is 4.74 Å². The lowest BCUT2D eigenvalue weighted by atomic mass is 9.80. The summed E-state index contributed by atoms with van der Waals surface area (Å²) in [5.74, 6) is -0.977. The molecule has 0 unspecified atom stereocenters. The quantitative estimate of drug-likeness (QED) is 0.470. The first-order chi connectivity index (χ1) is 16.9. The van der Waals surface area contributed by atoms with E-state index in [0.29, 0.717) is 25.0 Å². The van der Waals surface area contributed by atoms with Gasteiger partial charge >= 0.3 is 12.1 Å². The molecule has 0 aliphatic heterocycles. The zero-order chi connectivity index (χ0) is 24.8. The Balaban J connectivity index is 1.45. The molecule has 0 bridgehead atoms. The fourth-order valence-electron chi connectivity index (χ4n) is 5.18. The first-order valence-corrected chi connectivity index (χ1v) is 13.5. The second kappa shape index (κ2) is 11.2. The van der Waals surface area contributed by atoms with E-state index in [2.05, 4.69) is 34.9 Å². The molecule has 1 fully saturated rings. The Bertz CT molecular complexity index is 1040. The molecular formula is C27H32N2O5S. The van der Waals surface area contributed by atoms with Gasteiger partial charge in [0.15, 0.2) is 0 Å². The van der Waals surface area contributed by atoms with Crippen LogP contribution in [0.4, 0.5) is 4.79 Å². The van der Waals surface area contributed by atoms with E-state index in [0.717, 1.165) is 41.5 Å². The van der Waals surface area contributed by atoms with Crippen LogP contribution in [0.25, 0.3) is 11.1 Å². The summed E-state index contributed by atoms with van der Waals surface area (Å²) in [5.41, 5.74) is 3.36. The second-order valence-corrected chi connectivity index (χ2v) is 10.2. The van der Waals surface area contributed by atoms with Crippen LogP contribution in [-0.4, -0.2) is 53.3 Å². The Hall–Kier alpha value is -3.00. The fraction of sp³-hybridized carbons (Fsp3) is 0.444. The second-order valence-electron chi connectivity index (χ2n) is 9.24. The Morgan fingerprint density at radius 2 is 1.63 bits per heavy atom. The van der Waals surface area contributed by atoms with Crippen LogP contribution in [0.3, 0.4) is 0 Å². The zero-order valence-electron chi connectivity index (χ0n) is 19.9. The number of hydrogen-bond donors (Lipinski definition) is 3. The average Bonchev–Trinajstić information content (AvgIpc) is 3.19. The maximum Gasteiger partial charge on any atom is 0.408 e. The summed E-state index contributed by atoms with van der Waals surface area (Å²) in [7, 11) is 0. The van der Waals surface area contributed by atoms with Gasteiger partial charge in [-0.25, -0.2) is 9.59 Å². The number of hydrogen-bond acceptors (Lipinski definition) is 5. The average molecular weight is 497 g/mol. The number of carboxylic acid groups (broad SMARTS) is 1. The number of carbonyl (C=O) groups excluding carboxylic acids is 2. The maximum atomic E-state index is 13.3. The molecule has 4 rings (SSSR count). The van der Waals surface area contributed by atoms with Crippen LogP contribution in [0.2, 0.25) is 0 Å². The number of amides is 2. The number of carboxylic acids is 1. The summed E-state index contributed by atoms with van der Waals surface area (Å²) >= 11 is 1.52. The summed E-state index contributed by atoms with van der Waals surface area (Å²) in [4.78, 5) is 37.9. The number of ether oxygens (including phenoxy) is 1. The number of fused-ring (bicyclic) bond motifs is 3. The van der Waals surface area contributed by atoms with Crippen LogP contribution in [0.5, 0.6) is 0 Å². The van der Waals surface area contributed by atoms with E-state index in [9.17, 15) is 19.5 Å². The van der Waals surface area contributed by atoms with Gasteiger partial charge in [0.05, 0.1) is 0 Å². The van der Waals surface area contributed by atoms with Crippen molar-refractivity contribution in [3.63, 3.8) is 0 Å². The van der Waals surface area contributed by atoms with E-state index in [1.807, 2.05) is 30.5 Å². The summed E-state index contributed by atoms with van der Waals surface area (Å²) in [6, 6.07) is 15.2. The van der Waals surface area contributed by atoms with Gasteiger partial charge in [0.25, 0.3) is 0 Å². The first-order valence-electron chi connectivity index (χ1n) is 12.1. The minimum absolute atomic E-state index is 0.0767. The van der Waals surface area contributed by atoms with Crippen molar-refractivity contribution >= 4 is 29.7 Å². The third kappa shape index (κ3) is 5.48. The van der Waals surface area contributed by atoms with Crippen LogP contribution in [0.15, 0.2) is 48.5 Å². The molecule has 0 radical (unpaired) electrons. The molecule has 0 heterocycles. The van der Waals surface area contributed by atoms with E-state index in [1.165, 1.54) is 11.8 Å². The largest absolute Gasteiger partial charge is 0.480 e. The molecular weight excluding hydrogens is 464 g/mol. The molecule has 1 atom stereocenters. The summed E-state index contributed by atoms with van der Waals surface area (Å²) in [6.45, 7) is 0.156. The van der Waals surface area contributed by atoms with Crippen molar-refractivity contribution in [2.75, 3.05) is 18.6 Å². The Kier molecular flexibility index (Phi) is 8.00. The Labute approximate surface area is 210 Å². The minimum Gasteiger partial charge on any atom is -0.480 e. The highest BCUT2D eigenvalue weighted by Gasteiger charge is 2.43. The van der Waals surface area contributed by atoms with Crippen LogP contribution < -0.4 is 10.6 Å². The standard InChI is InChI=1S/C27H32N2O5S/c1-35-16-13-23(24(30)31)28-25(32)27(14-7-2-8-15-27)29-26(33)34-17-22-20-11-5-3-9-18(20)19-10-4-6-12-21(19)22/h3-6,9-12,22-23H,2,7-8,13-17H2,1H3,(H,28,32)(H,29,33)(H,30,31)/t23-/m1/s1. The van der Waals surface area contributed by atoms with E-state index < -0.39 is 29.6 Å². The number of nitrogens with one attached hydrogen (secondary N) is 2. The van der Waals surface area contributed by atoms with E-state index in [-0.39, 0.29) is 12.5 Å². The molecule has 0 saturated heterocycles. The van der Waals surface area contributed by atoms with Crippen molar-refractivity contribution in [3.05, 3.63) is 59.7 Å². The smallest absolute Gasteiger partial charge is 0.408 e. The fourth-order valence-corrected chi connectivity index (χ4v) is 5.65. The SMILES string of the molecule is CSCC[C@@H](NC(=O)C1(NC(=O)OCC2c3ccccc3-c3ccccc32)CCCCC1)C(=O)O. The molecule has 0 aromatic heterocycles. The number of rotatable bonds is 9. The molecule has 186 valence electrons. The number of thioether (sulfide) groups is 1. The Morgan fingerprint density at radius 3 is 2.20 bits per heavy atom. The van der Waals surface area contributed by atoms with Gasteiger partial charge in [-0.05, 0) is 53.5 Å². The lowest BCUT2D eigenvalue weighted by molar-refractivity contribution is -0.143. The molecule has 1 saturated carbocycles. The van der Waals surface area contributed by atoms with Gasteiger partial charge in [-0.1, -0.05) is 67.8 Å². The molecule has 2 aromatic rings. The normalized spacial score (nSPS) is 17.1. The van der Waals surface area contributed by atoms with E-state index in [1.54, 1.807) is 0 Å². The predicted molar refractivity (Wildman–Crippen MR) is 137 cm³/mol. The van der Waals surface area contributed by atoms with Crippen molar-refractivity contribution in [2.45, 2.75) is 56.0 Å². The zero-order valence-corrected chi connectivity index (χ0v) is 20.7. The van der Waals surface area contributed by atoms with Crippen molar-refractivity contribution in [2.24, 2.45) is 0 Å². The Morgan fingerprint density at radius 1 is 1.03 bits per heavy atom. The molecule has 2 amide bonds. The topological polar surface area (TPSA) is 105 Å². The molecule has 2 aliphatic carbocycles. The number of carbonyl (C=O) groups is 3. The van der Waals surface area contributed by atoms with Gasteiger partial charge in [0, 0.05) is 5.92 Å². The lowest BCUT2D eigenvalue weighted by Gasteiger charge is -2.37. The summed E-state index contributed by atoms with van der Waals surface area (Å²) in [6.07, 6.45) is 5.00. The molecule has 7 nitrogen and oxygen atoms in total. The number of alkyl carbamates (subject to hydrolysis) is 1. The van der Waals surface area contributed by atoms with Crippen LogP contribution in [-0.2, 0) is 14.3 Å². The van der Waals surface area contributed by atoms with Crippen LogP contribution in [0, 0.1) is 0 Å². The van der Waals surface area contributed by atoms with Crippen molar-refractivity contribution in [3.8, 4) is 11.1 Å². The van der Waals surface area contributed by atoms with Gasteiger partial charge in [-0.15, -0.1) is 0 Å². The van der Waals surface area contributed by atoms with Crippen molar-refractivity contribution in [1.29, 1.82) is 0 Å².